The zero-order valence-electron chi connectivity index (χ0n) is 12.4. The van der Waals surface area contributed by atoms with Gasteiger partial charge in [0.1, 0.15) is 0 Å². The van der Waals surface area contributed by atoms with Crippen LogP contribution in [-0.2, 0) is 0 Å². The maximum atomic E-state index is 12.2. The molecule has 21 heavy (non-hydrogen) atoms. The average molecular weight is 351 g/mol. The summed E-state index contributed by atoms with van der Waals surface area (Å²) >= 11 is 3.40. The second-order valence-corrected chi connectivity index (χ2v) is 7.18. The number of carbonyl (C=O) groups is 1. The first-order valence-electron chi connectivity index (χ1n) is 7.94. The van der Waals surface area contributed by atoms with Crippen molar-refractivity contribution in [3.8, 4) is 0 Å². The fourth-order valence-electron chi connectivity index (χ4n) is 2.90. The highest BCUT2D eigenvalue weighted by Crippen LogP contribution is 2.29. The van der Waals surface area contributed by atoms with Crippen molar-refractivity contribution in [3.63, 3.8) is 0 Å². The number of nitrogens with zero attached hydrogens (tertiary/aromatic N) is 2. The monoisotopic (exact) mass is 350 g/mol. The molecule has 0 radical (unpaired) electrons. The van der Waals surface area contributed by atoms with Crippen LogP contribution in [0.15, 0.2) is 28.7 Å². The first-order chi connectivity index (χ1) is 10.2. The Morgan fingerprint density at radius 3 is 2.29 bits per heavy atom. The van der Waals surface area contributed by atoms with Crippen molar-refractivity contribution in [2.24, 2.45) is 5.92 Å². The van der Waals surface area contributed by atoms with Gasteiger partial charge in [-0.1, -0.05) is 28.1 Å². The Bertz CT molecular complexity index is 476. The van der Waals surface area contributed by atoms with E-state index >= 15 is 0 Å². The fourth-order valence-corrected chi connectivity index (χ4v) is 3.17. The van der Waals surface area contributed by atoms with E-state index in [0.29, 0.717) is 6.42 Å². The molecule has 4 heteroatoms. The summed E-state index contributed by atoms with van der Waals surface area (Å²) in [5.41, 5.74) is 0.825. The average Bonchev–Trinajstić information content (AvgIpc) is 3.31. The SMILES string of the molecule is O=C(CCN1CCN(CC2CC2)CC1)c1ccc(Br)cc1. The molecule has 0 amide bonds. The number of benzene rings is 1. The molecule has 1 saturated heterocycles. The van der Waals surface area contributed by atoms with E-state index in [1.165, 1.54) is 32.5 Å². The van der Waals surface area contributed by atoms with Crippen molar-refractivity contribution in [1.29, 1.82) is 0 Å². The number of rotatable bonds is 6. The second-order valence-electron chi connectivity index (χ2n) is 6.27. The highest BCUT2D eigenvalue weighted by Gasteiger charge is 2.26. The van der Waals surface area contributed by atoms with Gasteiger partial charge >= 0.3 is 0 Å². The molecule has 3 nitrogen and oxygen atoms in total. The van der Waals surface area contributed by atoms with Gasteiger partial charge < -0.3 is 9.80 Å². The molecule has 1 aromatic carbocycles. The Hall–Kier alpha value is -0.710. The standard InChI is InChI=1S/C17H23BrN2O/c18-16-5-3-15(4-6-16)17(21)7-8-19-9-11-20(12-10-19)13-14-1-2-14/h3-6,14H,1-2,7-13H2. The van der Waals surface area contributed by atoms with E-state index in [2.05, 4.69) is 25.7 Å². The Kier molecular flexibility index (Phi) is 5.09. The van der Waals surface area contributed by atoms with Gasteiger partial charge in [0.2, 0.25) is 0 Å². The Morgan fingerprint density at radius 1 is 1.05 bits per heavy atom. The second kappa shape index (κ2) is 7.03. The van der Waals surface area contributed by atoms with Crippen molar-refractivity contribution in [2.45, 2.75) is 19.3 Å². The van der Waals surface area contributed by atoms with Crippen LogP contribution >= 0.6 is 15.9 Å². The normalized spacial score (nSPS) is 20.6. The predicted molar refractivity (Wildman–Crippen MR) is 88.7 cm³/mol. The van der Waals surface area contributed by atoms with E-state index in [-0.39, 0.29) is 5.78 Å². The van der Waals surface area contributed by atoms with Gasteiger partial charge in [-0.2, -0.15) is 0 Å². The van der Waals surface area contributed by atoms with Crippen LogP contribution in [0.4, 0.5) is 0 Å². The summed E-state index contributed by atoms with van der Waals surface area (Å²) in [7, 11) is 0. The molecule has 3 rings (SSSR count). The molecule has 2 aliphatic rings. The molecule has 0 spiro atoms. The molecule has 1 aliphatic carbocycles. The van der Waals surface area contributed by atoms with E-state index in [1.807, 2.05) is 24.3 Å². The summed E-state index contributed by atoms with van der Waals surface area (Å²) in [5.74, 6) is 1.23. The number of piperazine rings is 1. The number of Topliss-reactive ketones (excluding diaryl/α,β-unsaturated/α-hetero) is 1. The third-order valence-electron chi connectivity index (χ3n) is 4.50. The molecule has 1 saturated carbocycles. The predicted octanol–water partition coefficient (Wildman–Crippen LogP) is 3.05. The van der Waals surface area contributed by atoms with Crippen LogP contribution in [0.25, 0.3) is 0 Å². The highest BCUT2D eigenvalue weighted by atomic mass is 79.9. The van der Waals surface area contributed by atoms with Crippen molar-refractivity contribution in [2.75, 3.05) is 39.3 Å². The minimum absolute atomic E-state index is 0.253. The topological polar surface area (TPSA) is 23.6 Å². The molecule has 0 unspecified atom stereocenters. The molecule has 1 aromatic rings. The largest absolute Gasteiger partial charge is 0.301 e. The Balaban J connectivity index is 1.39. The van der Waals surface area contributed by atoms with E-state index in [4.69, 9.17) is 0 Å². The van der Waals surface area contributed by atoms with Crippen LogP contribution in [0.2, 0.25) is 0 Å². The maximum absolute atomic E-state index is 12.2. The molecule has 0 bridgehead atoms. The molecular formula is C17H23BrN2O. The zero-order valence-corrected chi connectivity index (χ0v) is 14.0. The van der Waals surface area contributed by atoms with Gasteiger partial charge in [0.15, 0.2) is 5.78 Å². The zero-order chi connectivity index (χ0) is 14.7. The molecule has 0 aromatic heterocycles. The van der Waals surface area contributed by atoms with Crippen molar-refractivity contribution in [1.82, 2.24) is 9.80 Å². The molecule has 1 aliphatic heterocycles. The minimum Gasteiger partial charge on any atom is -0.301 e. The number of carbonyl (C=O) groups excluding carboxylic acids is 1. The summed E-state index contributed by atoms with van der Waals surface area (Å²) in [6, 6.07) is 7.67. The quantitative estimate of drug-likeness (QED) is 0.736. The Labute approximate surface area is 135 Å². The number of hydrogen-bond donors (Lipinski definition) is 0. The lowest BCUT2D eigenvalue weighted by molar-refractivity contribution is 0.0924. The molecule has 1 heterocycles. The van der Waals surface area contributed by atoms with Crippen molar-refractivity contribution >= 4 is 21.7 Å². The van der Waals surface area contributed by atoms with Gasteiger partial charge in [0, 0.05) is 55.7 Å². The number of ketones is 1. The summed E-state index contributed by atoms with van der Waals surface area (Å²) in [4.78, 5) is 17.2. The van der Waals surface area contributed by atoms with E-state index in [1.54, 1.807) is 0 Å². The molecule has 0 atom stereocenters. The summed E-state index contributed by atoms with van der Waals surface area (Å²) in [6.07, 6.45) is 3.49. The van der Waals surface area contributed by atoms with E-state index < -0.39 is 0 Å². The lowest BCUT2D eigenvalue weighted by Crippen LogP contribution is -2.47. The first kappa shape index (κ1) is 15.2. The van der Waals surface area contributed by atoms with Gasteiger partial charge in [-0.15, -0.1) is 0 Å². The number of halogens is 1. The fraction of sp³-hybridized carbons (Fsp3) is 0.588. The van der Waals surface area contributed by atoms with E-state index in [9.17, 15) is 4.79 Å². The molecule has 114 valence electrons. The van der Waals surface area contributed by atoms with Gasteiger partial charge in [0.25, 0.3) is 0 Å². The van der Waals surface area contributed by atoms with Gasteiger partial charge in [-0.25, -0.2) is 0 Å². The Morgan fingerprint density at radius 2 is 1.67 bits per heavy atom. The van der Waals surface area contributed by atoms with Crippen LogP contribution < -0.4 is 0 Å². The lowest BCUT2D eigenvalue weighted by Gasteiger charge is -2.34. The summed E-state index contributed by atoms with van der Waals surface area (Å²) in [6.45, 7) is 6.75. The van der Waals surface area contributed by atoms with Crippen LogP contribution in [0, 0.1) is 5.92 Å². The van der Waals surface area contributed by atoms with Crippen LogP contribution in [0.1, 0.15) is 29.6 Å². The molecular weight excluding hydrogens is 328 g/mol. The first-order valence-corrected chi connectivity index (χ1v) is 8.73. The smallest absolute Gasteiger partial charge is 0.164 e. The summed E-state index contributed by atoms with van der Waals surface area (Å²) in [5, 5.41) is 0. The van der Waals surface area contributed by atoms with Crippen molar-refractivity contribution < 1.29 is 4.79 Å². The van der Waals surface area contributed by atoms with Crippen molar-refractivity contribution in [3.05, 3.63) is 34.3 Å². The van der Waals surface area contributed by atoms with Crippen LogP contribution in [-0.4, -0.2) is 54.9 Å². The van der Waals surface area contributed by atoms with Crippen LogP contribution in [0.3, 0.4) is 0 Å². The van der Waals surface area contributed by atoms with Gasteiger partial charge in [-0.05, 0) is 30.9 Å². The third-order valence-corrected chi connectivity index (χ3v) is 5.03. The van der Waals surface area contributed by atoms with Crippen LogP contribution in [0.5, 0.6) is 0 Å². The molecule has 2 fully saturated rings. The molecule has 0 N–H and O–H groups in total. The van der Waals surface area contributed by atoms with Gasteiger partial charge in [-0.3, -0.25) is 4.79 Å². The highest BCUT2D eigenvalue weighted by molar-refractivity contribution is 9.10. The summed E-state index contributed by atoms with van der Waals surface area (Å²) < 4.78 is 1.02. The maximum Gasteiger partial charge on any atom is 0.164 e. The lowest BCUT2D eigenvalue weighted by atomic mass is 10.1. The van der Waals surface area contributed by atoms with E-state index in [0.717, 1.165) is 35.6 Å². The minimum atomic E-state index is 0.253. The third kappa shape index (κ3) is 4.63. The van der Waals surface area contributed by atoms with Gasteiger partial charge in [0.05, 0.1) is 0 Å². The number of hydrogen-bond acceptors (Lipinski definition) is 3.